The van der Waals surface area contributed by atoms with E-state index in [1.54, 1.807) is 95.5 Å². The van der Waals surface area contributed by atoms with Crippen molar-refractivity contribution in [3.63, 3.8) is 0 Å². The van der Waals surface area contributed by atoms with E-state index in [9.17, 15) is 25.0 Å². The molecule has 19 aromatic rings. The summed E-state index contributed by atoms with van der Waals surface area (Å²) in [5.74, 6) is 7.11. The molecule has 24 rings (SSSR count). The van der Waals surface area contributed by atoms with E-state index in [1.165, 1.54) is 30.2 Å². The number of nitro groups is 2. The third kappa shape index (κ3) is 23.5. The lowest BCUT2D eigenvalue weighted by atomic mass is 9.94. The largest absolute Gasteiger partial charge is 0.384 e. The molecular formula is C98H111Cl3N40O5S. The van der Waals surface area contributed by atoms with E-state index in [1.807, 2.05) is 115 Å². The van der Waals surface area contributed by atoms with Gasteiger partial charge in [-0.05, 0) is 152 Å². The highest BCUT2D eigenvalue weighted by molar-refractivity contribution is 7.09. The van der Waals surface area contributed by atoms with Crippen molar-refractivity contribution in [2.75, 3.05) is 152 Å². The Kier molecular flexibility index (Phi) is 31.2. The molecule has 18 N–H and O–H groups in total. The summed E-state index contributed by atoms with van der Waals surface area (Å²) >= 11 is 20.4. The van der Waals surface area contributed by atoms with Gasteiger partial charge >= 0.3 is 11.4 Å². The first-order valence-corrected chi connectivity index (χ1v) is 50.0. The molecule has 0 amide bonds. The van der Waals surface area contributed by atoms with Gasteiger partial charge in [0.05, 0.1) is 68.3 Å². The molecule has 0 saturated carbocycles. The number of nitrogen functional groups attached to an aromatic ring is 7. The van der Waals surface area contributed by atoms with Gasteiger partial charge in [-0.3, -0.25) is 29.7 Å². The second kappa shape index (κ2) is 45.5. The number of piperazine rings is 1. The van der Waals surface area contributed by atoms with Crippen molar-refractivity contribution < 1.29 is 14.6 Å². The van der Waals surface area contributed by atoms with Gasteiger partial charge in [0.2, 0.25) is 11.3 Å². The molecule has 5 aliphatic rings. The zero-order valence-corrected chi connectivity index (χ0v) is 83.9. The molecule has 147 heavy (non-hydrogen) atoms. The van der Waals surface area contributed by atoms with Crippen molar-refractivity contribution in [1.82, 2.24) is 128 Å². The molecular weight excluding hydrogens is 1960 g/mol. The highest BCUT2D eigenvalue weighted by Gasteiger charge is 2.31. The Labute approximate surface area is 860 Å². The van der Waals surface area contributed by atoms with E-state index in [0.29, 0.717) is 103 Å². The van der Waals surface area contributed by atoms with Gasteiger partial charge in [0.25, 0.3) is 0 Å². The number of nitrogens with one attached hydrogen (secondary N) is 2. The molecule has 45 nitrogen and oxygen atoms in total. The van der Waals surface area contributed by atoms with E-state index < -0.39 is 9.85 Å². The van der Waals surface area contributed by atoms with E-state index in [4.69, 9.17) is 85.7 Å². The highest BCUT2D eigenvalue weighted by atomic mass is 35.5. The molecule has 0 radical (unpaired) electrons. The van der Waals surface area contributed by atoms with Gasteiger partial charge < -0.3 is 81.0 Å². The summed E-state index contributed by atoms with van der Waals surface area (Å²) in [5, 5.41) is 65.2. The number of benzene rings is 3. The predicted octanol–water partition coefficient (Wildman–Crippen LogP) is 11.4. The summed E-state index contributed by atoms with van der Waals surface area (Å²) in [4.78, 5) is 77.8. The number of nitrogens with two attached hydrogens (primary N) is 8. The van der Waals surface area contributed by atoms with Crippen LogP contribution in [0, 0.1) is 32.1 Å². The molecule has 760 valence electrons. The highest BCUT2D eigenvalue weighted by Crippen LogP contribution is 2.38. The maximum atomic E-state index is 12.7. The number of hydrogen-bond donors (Lipinski definition) is 10. The number of fused-ring (bicyclic) bond motifs is 7. The topological polar surface area (TPSA) is 581 Å². The normalized spacial score (nSPS) is 16.2. The van der Waals surface area contributed by atoms with Crippen LogP contribution in [0.15, 0.2) is 207 Å². The monoisotopic (exact) mass is 2060 g/mol. The maximum absolute atomic E-state index is 12.7. The van der Waals surface area contributed by atoms with Crippen LogP contribution in [0.3, 0.4) is 0 Å². The minimum Gasteiger partial charge on any atom is -0.384 e. The lowest BCUT2D eigenvalue weighted by molar-refractivity contribution is -0.383. The summed E-state index contributed by atoms with van der Waals surface area (Å²) in [7, 11) is 4.01. The van der Waals surface area contributed by atoms with Crippen LogP contribution in [0.4, 0.5) is 75.2 Å². The van der Waals surface area contributed by atoms with Crippen molar-refractivity contribution in [3.8, 4) is 11.1 Å². The minimum absolute atomic E-state index is 0.0859. The number of carbonyl (C=O) groups is 1. The van der Waals surface area contributed by atoms with Crippen LogP contribution in [0.5, 0.6) is 0 Å². The average Bonchev–Trinajstić information content (AvgIpc) is 1.62. The summed E-state index contributed by atoms with van der Waals surface area (Å²) in [5.41, 5.74) is 60.5. The second-order valence-corrected chi connectivity index (χ2v) is 38.5. The molecule has 21 heterocycles. The molecule has 0 aliphatic carbocycles. The van der Waals surface area contributed by atoms with Gasteiger partial charge in [-0.25, -0.2) is 34.9 Å². The van der Waals surface area contributed by atoms with E-state index in [2.05, 4.69) is 145 Å². The maximum Gasteiger partial charge on any atom is 0.333 e. The van der Waals surface area contributed by atoms with E-state index in [-0.39, 0.29) is 34.5 Å². The summed E-state index contributed by atoms with van der Waals surface area (Å²) in [6, 6.07) is 46.0. The zero-order valence-electron chi connectivity index (χ0n) is 80.8. The molecule has 0 spiro atoms. The van der Waals surface area contributed by atoms with Crippen molar-refractivity contribution in [3.05, 3.63) is 286 Å². The Morgan fingerprint density at radius 3 is 1.65 bits per heavy atom. The van der Waals surface area contributed by atoms with Gasteiger partial charge in [0, 0.05) is 183 Å². The number of thiophene rings is 1. The molecule has 16 aromatic heterocycles. The number of aromatic nitrogens is 23. The molecule has 5 fully saturated rings. The van der Waals surface area contributed by atoms with Crippen LogP contribution in [-0.4, -0.2) is 231 Å². The third-order valence-electron chi connectivity index (χ3n) is 26.0. The SMILES string of the molecule is CCN(Cc1ccccc1)c1cc(N)n2nccc2n1.CN1CCCC(c2nc3c(-c4cnn(C)c4)cnn3c(N)c2Cl)C1.Nc1cc(CCc2cccs2)nc2ccnn12.Nc1cc(C[C@H]2CCNC2)nc2c(C(=O)c3ccccc3)cnn12.Nc1cc(C[C@H]2CCNC2)nc2c([N+](=O)[O-])cnn12.Nc1cc(N2CCN(c3ccc(Cl)c(Cl)c3)CC2)nc2ccnn12.Nc1cc(N2CC[C@H](N)C2)nc2c([N+](=O)[O-])cnn12. The number of nitrogens with zero attached hydrogens (tertiary/aromatic N) is 30. The number of hydrogen-bond acceptors (Lipinski definition) is 36. The number of likely N-dealkylation sites (tertiary alicyclic amines) is 1. The lowest BCUT2D eigenvalue weighted by Crippen LogP contribution is -2.46. The standard InChI is InChI=1S/C18H19N5O.C16H16Cl2N6.C16H20ClN7.C15H17N5.C12H12N4S.C11H14N6O2.C10H13N7O2/c19-16-9-14(8-12-6-7-20-10-12)22-18-15(11-21-23(16)18)17(24)13-4-2-1-3-5-13;17-12-2-1-11(9-13(12)18)22-5-7-23(8-6-22)16-10-14(19)24-15(21-16)3-4-20-24;1-22-5-3-4-10(8-22)14-13(17)15(18)24-16(21-14)12(7-20-24)11-6-19-23(2)9-11;1-2-19(11-12-6-4-3-5-7-12)15-10-13(16)20-14(18-15)8-9-17-20;13-11-8-9(3-4-10-2-1-7-17-10)15-12-5-6-14-16(11)12;12-10-4-8(3-7-1-2-13-5-7)15-11-9(17(18)19)6-14-16(10)11;11-6-1-2-15(5-6)9-3-8(12)16-10(14-9)7(4-13-16)17(18)19/h1-5,9,11-12,20H,6-8,10,19H2;1-4,9-10H,5-8,19H2;6-7,9-10H,3-5,8,18H2,1-2H3;3-10H,2,11,16H2,1H3;1-2,5-8H,3-4,13H2;4,6-7,13H,1-3,5,12H2;3-4,6H,1-2,5,11-12H2/t12-;;;;;7-;6-/m1....10/s1. The van der Waals surface area contributed by atoms with Gasteiger partial charge in [0.15, 0.2) is 34.0 Å². The van der Waals surface area contributed by atoms with Gasteiger partial charge in [-0.2, -0.15) is 72.4 Å². The number of anilines is 11. The number of carbonyl (C=O) groups excluding carboxylic acids is 1. The quantitative estimate of drug-likeness (QED) is 0.0192. The van der Waals surface area contributed by atoms with Crippen molar-refractivity contribution in [2.24, 2.45) is 24.6 Å². The van der Waals surface area contributed by atoms with Crippen molar-refractivity contribution >= 4 is 167 Å². The predicted molar refractivity (Wildman–Crippen MR) is 572 cm³/mol. The summed E-state index contributed by atoms with van der Waals surface area (Å²) in [6.07, 6.45) is 23.4. The van der Waals surface area contributed by atoms with Gasteiger partial charge in [-0.1, -0.05) is 102 Å². The number of likely N-dealkylation sites (N-methyl/N-ethyl adjacent to an activating group) is 1. The molecule has 3 aromatic carbocycles. The fourth-order valence-electron chi connectivity index (χ4n) is 18.4. The number of ketones is 1. The molecule has 5 saturated heterocycles. The van der Waals surface area contributed by atoms with Crippen LogP contribution in [-0.2, 0) is 39.3 Å². The van der Waals surface area contributed by atoms with Crippen LogP contribution in [0.2, 0.25) is 15.1 Å². The van der Waals surface area contributed by atoms with Crippen LogP contribution >= 0.6 is 46.1 Å². The minimum atomic E-state index is -0.520. The van der Waals surface area contributed by atoms with Gasteiger partial charge in [0.1, 0.15) is 75.6 Å². The van der Waals surface area contributed by atoms with E-state index in [0.717, 1.165) is 223 Å². The van der Waals surface area contributed by atoms with Crippen molar-refractivity contribution in [1.29, 1.82) is 0 Å². The first kappa shape index (κ1) is 101. The fourth-order valence-corrected chi connectivity index (χ4v) is 19.7. The number of aryl methyl sites for hydroxylation is 3. The third-order valence-corrected chi connectivity index (χ3v) is 28.0. The molecule has 1 unspecified atom stereocenters. The Morgan fingerprint density at radius 2 is 1.07 bits per heavy atom. The Balaban J connectivity index is 0.000000113. The van der Waals surface area contributed by atoms with Crippen LogP contribution in [0.25, 0.3) is 50.7 Å². The first-order chi connectivity index (χ1) is 71.2. The Hall–Kier alpha value is -16.1. The molecule has 49 heteroatoms. The molecule has 4 atom stereocenters. The second-order valence-electron chi connectivity index (χ2n) is 36.2. The van der Waals surface area contributed by atoms with Crippen molar-refractivity contribution in [2.45, 2.75) is 83.2 Å². The molecule has 0 bridgehead atoms. The Bertz CT molecular complexity index is 7840. The smallest absolute Gasteiger partial charge is 0.333 e. The summed E-state index contributed by atoms with van der Waals surface area (Å²) in [6.45, 7) is 14.8. The summed E-state index contributed by atoms with van der Waals surface area (Å²) < 4.78 is 12.4. The number of halogens is 3. The van der Waals surface area contributed by atoms with Crippen LogP contribution < -0.4 is 76.1 Å². The number of piperidine rings is 1. The molecule has 5 aliphatic heterocycles. The first-order valence-electron chi connectivity index (χ1n) is 48.0. The van der Waals surface area contributed by atoms with Crippen LogP contribution in [0.1, 0.15) is 94.1 Å². The fraction of sp³-hybridized carbons (Fsp3) is 0.306. The van der Waals surface area contributed by atoms with Gasteiger partial charge in [-0.15, -0.1) is 11.3 Å². The number of rotatable bonds is 20. The average molecular weight is 2070 g/mol. The lowest BCUT2D eigenvalue weighted by Gasteiger charge is -2.36. The Morgan fingerprint density at radius 1 is 0.503 bits per heavy atom. The van der Waals surface area contributed by atoms with E-state index >= 15 is 0 Å². The zero-order chi connectivity index (χ0) is 103.